The molecule has 3 fully saturated rings. The molecule has 2 saturated carbocycles. The van der Waals surface area contributed by atoms with Crippen LogP contribution < -0.4 is 10.5 Å². The lowest BCUT2D eigenvalue weighted by Gasteiger charge is -2.58. The van der Waals surface area contributed by atoms with Gasteiger partial charge in [0, 0.05) is 6.54 Å². The lowest BCUT2D eigenvalue weighted by molar-refractivity contribution is -0.282. The Labute approximate surface area is 161 Å². The zero-order valence-electron chi connectivity index (χ0n) is 14.3. The van der Waals surface area contributed by atoms with Crippen LogP contribution >= 0.6 is 15.9 Å². The largest absolute Gasteiger partial charge is 0.419 e. The Morgan fingerprint density at radius 3 is 2.59 bits per heavy atom. The van der Waals surface area contributed by atoms with Gasteiger partial charge in [-0.15, -0.1) is 0 Å². The summed E-state index contributed by atoms with van der Waals surface area (Å²) in [5.41, 5.74) is -4.59. The van der Waals surface area contributed by atoms with Gasteiger partial charge in [-0.05, 0) is 60.4 Å². The first-order chi connectivity index (χ1) is 12.7. The van der Waals surface area contributed by atoms with Gasteiger partial charge in [-0.25, -0.2) is 4.68 Å². The number of aliphatic hydroxyl groups is 1. The Morgan fingerprint density at radius 2 is 2.07 bits per heavy atom. The Hall–Kier alpha value is -1.60. The van der Waals surface area contributed by atoms with Crippen molar-refractivity contribution in [1.29, 1.82) is 5.26 Å². The van der Waals surface area contributed by atoms with E-state index in [1.54, 1.807) is 0 Å². The third-order valence-electron chi connectivity index (χ3n) is 6.31. The molecule has 3 atom stereocenters. The second-order valence-electron chi connectivity index (χ2n) is 7.65. The summed E-state index contributed by atoms with van der Waals surface area (Å²) < 4.78 is 42.1. The van der Waals surface area contributed by atoms with E-state index in [4.69, 9.17) is 0 Å². The molecule has 2 aliphatic carbocycles. The van der Waals surface area contributed by atoms with Crippen LogP contribution in [-0.4, -0.2) is 38.7 Å². The van der Waals surface area contributed by atoms with E-state index in [2.05, 4.69) is 27.1 Å². The van der Waals surface area contributed by atoms with Gasteiger partial charge >= 0.3 is 6.18 Å². The van der Waals surface area contributed by atoms with Crippen LogP contribution in [0.15, 0.2) is 15.5 Å². The molecule has 1 aromatic rings. The molecule has 1 aromatic heterocycles. The van der Waals surface area contributed by atoms with Crippen LogP contribution in [-0.2, 0) is 0 Å². The van der Waals surface area contributed by atoms with Crippen LogP contribution in [0.3, 0.4) is 0 Å². The molecule has 2 heterocycles. The molecule has 0 amide bonds. The molecule has 1 saturated heterocycles. The maximum Gasteiger partial charge on any atom is 0.419 e. The molecule has 0 radical (unpaired) electrons. The predicted molar refractivity (Wildman–Crippen MR) is 93.1 cm³/mol. The Balaban J connectivity index is 1.74. The molecule has 0 bridgehead atoms. The number of anilines is 1. The van der Waals surface area contributed by atoms with Gasteiger partial charge in [-0.1, -0.05) is 0 Å². The molecule has 0 aromatic carbocycles. The molecule has 4 rings (SSSR count). The van der Waals surface area contributed by atoms with Crippen LogP contribution in [0.4, 0.5) is 18.9 Å². The van der Waals surface area contributed by atoms with E-state index < -0.39 is 28.9 Å². The number of rotatable bonds is 3. The highest BCUT2D eigenvalue weighted by Crippen LogP contribution is 2.58. The normalized spacial score (nSPS) is 31.6. The fraction of sp³-hybridized carbons (Fsp3) is 0.706. The fourth-order valence-corrected chi connectivity index (χ4v) is 5.11. The number of halogens is 4. The summed E-state index contributed by atoms with van der Waals surface area (Å²) in [5.74, 6) is 0.0819. The van der Waals surface area contributed by atoms with Gasteiger partial charge in [0.1, 0.15) is 10.5 Å². The van der Waals surface area contributed by atoms with Crippen molar-refractivity contribution in [3.8, 4) is 6.07 Å². The lowest BCUT2D eigenvalue weighted by Crippen LogP contribution is -2.74. The zero-order chi connectivity index (χ0) is 19.6. The van der Waals surface area contributed by atoms with Crippen molar-refractivity contribution in [2.45, 2.75) is 61.9 Å². The first kappa shape index (κ1) is 18.7. The van der Waals surface area contributed by atoms with Crippen molar-refractivity contribution in [1.82, 2.24) is 9.78 Å². The van der Waals surface area contributed by atoms with Crippen molar-refractivity contribution in [3.05, 3.63) is 21.0 Å². The second kappa shape index (κ2) is 5.95. The summed E-state index contributed by atoms with van der Waals surface area (Å²) in [7, 11) is 0. The van der Waals surface area contributed by atoms with Crippen molar-refractivity contribution >= 4 is 21.6 Å². The van der Waals surface area contributed by atoms with Crippen molar-refractivity contribution < 1.29 is 18.3 Å². The van der Waals surface area contributed by atoms with Crippen LogP contribution in [0.2, 0.25) is 0 Å². The lowest BCUT2D eigenvalue weighted by atomic mass is 9.72. The fourth-order valence-electron chi connectivity index (χ4n) is 4.61. The highest BCUT2D eigenvalue weighted by atomic mass is 79.9. The third kappa shape index (κ3) is 2.47. The van der Waals surface area contributed by atoms with E-state index >= 15 is 0 Å². The van der Waals surface area contributed by atoms with E-state index in [9.17, 15) is 28.3 Å². The van der Waals surface area contributed by atoms with Crippen molar-refractivity contribution in [2.24, 2.45) is 5.92 Å². The number of hydrogen-bond donors (Lipinski definition) is 1. The maximum atomic E-state index is 13.6. The Kier molecular flexibility index (Phi) is 4.13. The highest BCUT2D eigenvalue weighted by Gasteiger charge is 2.73. The predicted octanol–water partition coefficient (Wildman–Crippen LogP) is 2.91. The first-order valence-electron chi connectivity index (χ1n) is 8.90. The number of alkyl halides is 3. The van der Waals surface area contributed by atoms with Crippen molar-refractivity contribution in [3.63, 3.8) is 0 Å². The van der Waals surface area contributed by atoms with Crippen LogP contribution in [0.5, 0.6) is 0 Å². The summed E-state index contributed by atoms with van der Waals surface area (Å²) in [4.78, 5) is 14.2. The zero-order valence-corrected chi connectivity index (χ0v) is 15.9. The SMILES string of the molecule is N#CC(C1CC1)n1ncc(N2CCC23CCCC3(O)C(F)(F)F)c(Br)c1=O. The van der Waals surface area contributed by atoms with Crippen LogP contribution in [0.25, 0.3) is 0 Å². The summed E-state index contributed by atoms with van der Waals surface area (Å²) in [6.45, 7) is 0.298. The standard InChI is InChI=1S/C17H18BrF3N4O2/c18-13-12(9-23-25(14(13)26)11(8-22)10-2-3-10)24-7-6-15(24)4-1-5-16(15,27)17(19,20)21/h9-11,27H,1-7H2. The summed E-state index contributed by atoms with van der Waals surface area (Å²) in [5, 5.41) is 23.9. The third-order valence-corrected chi connectivity index (χ3v) is 7.06. The van der Waals surface area contributed by atoms with E-state index in [0.717, 1.165) is 17.5 Å². The number of hydrogen-bond acceptors (Lipinski definition) is 5. The summed E-state index contributed by atoms with van der Waals surface area (Å²) in [6.07, 6.45) is -1.44. The van der Waals surface area contributed by atoms with Gasteiger partial charge in [-0.2, -0.15) is 23.5 Å². The molecule has 3 unspecified atom stereocenters. The minimum absolute atomic E-state index is 0.0777. The van der Waals surface area contributed by atoms with E-state index in [1.807, 2.05) is 0 Å². The molecule has 1 N–H and O–H groups in total. The van der Waals surface area contributed by atoms with Crippen LogP contribution in [0, 0.1) is 17.2 Å². The summed E-state index contributed by atoms with van der Waals surface area (Å²) >= 11 is 3.20. The monoisotopic (exact) mass is 446 g/mol. The smallest absolute Gasteiger partial charge is 0.379 e. The van der Waals surface area contributed by atoms with Gasteiger partial charge in [0.15, 0.2) is 5.60 Å². The van der Waals surface area contributed by atoms with E-state index in [-0.39, 0.29) is 41.8 Å². The topological polar surface area (TPSA) is 82.2 Å². The quantitative estimate of drug-likeness (QED) is 0.771. The van der Waals surface area contributed by atoms with Gasteiger partial charge in [-0.3, -0.25) is 4.79 Å². The van der Waals surface area contributed by atoms with Gasteiger partial charge in [0.2, 0.25) is 0 Å². The molecule has 10 heteroatoms. The minimum Gasteiger partial charge on any atom is -0.379 e. The molecule has 146 valence electrons. The molecular formula is C17H18BrF3N4O2. The average molecular weight is 447 g/mol. The Bertz CT molecular complexity index is 878. The Morgan fingerprint density at radius 1 is 1.37 bits per heavy atom. The van der Waals surface area contributed by atoms with Crippen molar-refractivity contribution in [2.75, 3.05) is 11.4 Å². The molecule has 3 aliphatic rings. The van der Waals surface area contributed by atoms with E-state index in [0.29, 0.717) is 6.54 Å². The second-order valence-corrected chi connectivity index (χ2v) is 8.44. The molecule has 1 spiro atoms. The number of aromatic nitrogens is 2. The minimum atomic E-state index is -4.76. The maximum absolute atomic E-state index is 13.6. The van der Waals surface area contributed by atoms with Gasteiger partial charge in [0.25, 0.3) is 5.56 Å². The molecule has 1 aliphatic heterocycles. The van der Waals surface area contributed by atoms with E-state index in [1.165, 1.54) is 11.1 Å². The molecule has 27 heavy (non-hydrogen) atoms. The molecular weight excluding hydrogens is 429 g/mol. The first-order valence-corrected chi connectivity index (χ1v) is 9.69. The van der Waals surface area contributed by atoms with Gasteiger partial charge < -0.3 is 10.0 Å². The number of nitrogens with zero attached hydrogens (tertiary/aromatic N) is 4. The van der Waals surface area contributed by atoms with Gasteiger partial charge in [0.05, 0.1) is 23.5 Å². The molecule has 6 nitrogen and oxygen atoms in total. The van der Waals surface area contributed by atoms with Crippen LogP contribution in [0.1, 0.15) is 44.6 Å². The average Bonchev–Trinajstić information content (AvgIpc) is 3.34. The highest BCUT2D eigenvalue weighted by molar-refractivity contribution is 9.10. The summed E-state index contributed by atoms with van der Waals surface area (Å²) in [6, 6.07) is 1.41. The number of nitriles is 1.